The first-order chi connectivity index (χ1) is 11.8. The van der Waals surface area contributed by atoms with E-state index in [1.165, 1.54) is 10.6 Å². The summed E-state index contributed by atoms with van der Waals surface area (Å²) in [6, 6.07) is 6.02. The highest BCUT2D eigenvalue weighted by molar-refractivity contribution is 7.88. The monoisotopic (exact) mass is 382 g/mol. The zero-order valence-electron chi connectivity index (χ0n) is 14.3. The number of carbonyl (C=O) groups excluding carboxylic acids is 1. The van der Waals surface area contributed by atoms with Crippen LogP contribution in [0.2, 0.25) is 0 Å². The van der Waals surface area contributed by atoms with Crippen LogP contribution in [-0.2, 0) is 28.4 Å². The molecular weight excluding hydrogens is 360 g/mol. The van der Waals surface area contributed by atoms with E-state index in [0.717, 1.165) is 16.3 Å². The van der Waals surface area contributed by atoms with Gasteiger partial charge in [0.25, 0.3) is 0 Å². The van der Waals surface area contributed by atoms with Crippen LogP contribution in [0.15, 0.2) is 23.6 Å². The molecule has 3 heterocycles. The SMILES string of the molecule is Cn1nc(CNC(=O)C2CCN(S(C)(=O)=O)CC2)cc1-c1cccs1. The first kappa shape index (κ1) is 18.1. The molecule has 0 unspecified atom stereocenters. The fourth-order valence-corrected chi connectivity index (χ4v) is 4.69. The van der Waals surface area contributed by atoms with Crippen molar-refractivity contribution in [3.8, 4) is 10.6 Å². The Bertz CT molecular complexity index is 835. The van der Waals surface area contributed by atoms with E-state index in [1.807, 2.05) is 35.3 Å². The van der Waals surface area contributed by atoms with Crippen LogP contribution in [0.1, 0.15) is 18.5 Å². The van der Waals surface area contributed by atoms with E-state index in [0.29, 0.717) is 32.5 Å². The highest BCUT2D eigenvalue weighted by Crippen LogP contribution is 2.25. The molecule has 1 saturated heterocycles. The first-order valence-electron chi connectivity index (χ1n) is 8.14. The lowest BCUT2D eigenvalue weighted by molar-refractivity contribution is -0.126. The van der Waals surface area contributed by atoms with Gasteiger partial charge in [-0.05, 0) is 30.4 Å². The van der Waals surface area contributed by atoms with Gasteiger partial charge in [-0.3, -0.25) is 9.48 Å². The van der Waals surface area contributed by atoms with Gasteiger partial charge in [-0.2, -0.15) is 5.10 Å². The second-order valence-corrected chi connectivity index (χ2v) is 9.21. The van der Waals surface area contributed by atoms with Gasteiger partial charge in [-0.25, -0.2) is 12.7 Å². The molecule has 25 heavy (non-hydrogen) atoms. The molecule has 0 atom stereocenters. The van der Waals surface area contributed by atoms with E-state index in [-0.39, 0.29) is 11.8 Å². The molecule has 0 saturated carbocycles. The summed E-state index contributed by atoms with van der Waals surface area (Å²) in [6.45, 7) is 1.19. The van der Waals surface area contributed by atoms with Crippen molar-refractivity contribution in [2.24, 2.45) is 13.0 Å². The van der Waals surface area contributed by atoms with Crippen molar-refractivity contribution in [2.45, 2.75) is 19.4 Å². The summed E-state index contributed by atoms with van der Waals surface area (Å²) in [7, 11) is -1.27. The zero-order chi connectivity index (χ0) is 18.0. The van der Waals surface area contributed by atoms with Crippen LogP contribution in [0.5, 0.6) is 0 Å². The van der Waals surface area contributed by atoms with Crippen LogP contribution < -0.4 is 5.32 Å². The van der Waals surface area contributed by atoms with Crippen molar-refractivity contribution in [2.75, 3.05) is 19.3 Å². The van der Waals surface area contributed by atoms with Crippen molar-refractivity contribution in [1.29, 1.82) is 0 Å². The summed E-state index contributed by atoms with van der Waals surface area (Å²) in [5.41, 5.74) is 1.84. The van der Waals surface area contributed by atoms with Gasteiger partial charge in [-0.15, -0.1) is 11.3 Å². The third-order valence-electron chi connectivity index (χ3n) is 4.44. The number of hydrogen-bond donors (Lipinski definition) is 1. The second-order valence-electron chi connectivity index (χ2n) is 6.28. The summed E-state index contributed by atoms with van der Waals surface area (Å²) >= 11 is 1.65. The Morgan fingerprint density at radius 2 is 2.12 bits per heavy atom. The number of nitrogens with zero attached hydrogens (tertiary/aromatic N) is 3. The van der Waals surface area contributed by atoms with Crippen LogP contribution in [0.4, 0.5) is 0 Å². The number of thiophene rings is 1. The molecule has 3 rings (SSSR count). The topological polar surface area (TPSA) is 84.3 Å². The average Bonchev–Trinajstić information content (AvgIpc) is 3.21. The van der Waals surface area contributed by atoms with Crippen LogP contribution >= 0.6 is 11.3 Å². The third kappa shape index (κ3) is 4.28. The predicted octanol–water partition coefficient (Wildman–Crippen LogP) is 1.44. The molecule has 1 fully saturated rings. The molecular formula is C16H22N4O3S2. The summed E-state index contributed by atoms with van der Waals surface area (Å²) in [5, 5.41) is 9.40. The van der Waals surface area contributed by atoms with Gasteiger partial charge in [0.1, 0.15) is 0 Å². The number of piperidine rings is 1. The van der Waals surface area contributed by atoms with E-state index in [9.17, 15) is 13.2 Å². The van der Waals surface area contributed by atoms with Gasteiger partial charge < -0.3 is 5.32 Å². The van der Waals surface area contributed by atoms with E-state index >= 15 is 0 Å². The third-order valence-corrected chi connectivity index (χ3v) is 6.64. The van der Waals surface area contributed by atoms with Crippen LogP contribution in [-0.4, -0.2) is 47.8 Å². The number of hydrogen-bond acceptors (Lipinski definition) is 5. The molecule has 0 radical (unpaired) electrons. The Morgan fingerprint density at radius 3 is 2.72 bits per heavy atom. The second kappa shape index (κ2) is 7.27. The maximum absolute atomic E-state index is 12.3. The number of aryl methyl sites for hydroxylation is 1. The van der Waals surface area contributed by atoms with Gasteiger partial charge in [-0.1, -0.05) is 6.07 Å². The molecule has 0 spiro atoms. The highest BCUT2D eigenvalue weighted by atomic mass is 32.2. The zero-order valence-corrected chi connectivity index (χ0v) is 15.9. The fourth-order valence-electron chi connectivity index (χ4n) is 3.04. The number of carbonyl (C=O) groups is 1. The molecule has 1 amide bonds. The molecule has 7 nitrogen and oxygen atoms in total. The van der Waals surface area contributed by atoms with Gasteiger partial charge in [0.05, 0.1) is 29.1 Å². The quantitative estimate of drug-likeness (QED) is 0.848. The Balaban J connectivity index is 1.54. The van der Waals surface area contributed by atoms with Crippen molar-refractivity contribution in [3.05, 3.63) is 29.3 Å². The molecule has 2 aromatic heterocycles. The molecule has 1 aliphatic heterocycles. The Labute approximate surface area is 151 Å². The van der Waals surface area contributed by atoms with Crippen LogP contribution in [0.25, 0.3) is 10.6 Å². The smallest absolute Gasteiger partial charge is 0.223 e. The minimum atomic E-state index is -3.16. The lowest BCUT2D eigenvalue weighted by Crippen LogP contribution is -2.42. The minimum Gasteiger partial charge on any atom is -0.350 e. The predicted molar refractivity (Wildman–Crippen MR) is 97.5 cm³/mol. The fraction of sp³-hybridized carbons (Fsp3) is 0.500. The van der Waals surface area contributed by atoms with Crippen molar-refractivity contribution < 1.29 is 13.2 Å². The summed E-state index contributed by atoms with van der Waals surface area (Å²) < 4.78 is 26.3. The largest absolute Gasteiger partial charge is 0.350 e. The van der Waals surface area contributed by atoms with E-state index in [1.54, 1.807) is 11.3 Å². The Morgan fingerprint density at radius 1 is 1.40 bits per heavy atom. The Kier molecular flexibility index (Phi) is 5.26. The first-order valence-corrected chi connectivity index (χ1v) is 10.9. The minimum absolute atomic E-state index is 0.0310. The summed E-state index contributed by atoms with van der Waals surface area (Å²) in [6.07, 6.45) is 2.32. The molecule has 0 bridgehead atoms. The van der Waals surface area contributed by atoms with Crippen molar-refractivity contribution >= 4 is 27.3 Å². The van der Waals surface area contributed by atoms with Gasteiger partial charge >= 0.3 is 0 Å². The molecule has 0 aromatic carbocycles. The maximum Gasteiger partial charge on any atom is 0.223 e. The number of aromatic nitrogens is 2. The number of rotatable bonds is 5. The molecule has 1 N–H and O–H groups in total. The van der Waals surface area contributed by atoms with E-state index < -0.39 is 10.0 Å². The van der Waals surface area contributed by atoms with E-state index in [2.05, 4.69) is 10.4 Å². The summed E-state index contributed by atoms with van der Waals surface area (Å²) in [5.74, 6) is -0.171. The Hall–Kier alpha value is -1.71. The average molecular weight is 383 g/mol. The van der Waals surface area contributed by atoms with Gasteiger partial charge in [0, 0.05) is 26.1 Å². The number of nitrogens with one attached hydrogen (secondary N) is 1. The lowest BCUT2D eigenvalue weighted by Gasteiger charge is -2.29. The number of amides is 1. The van der Waals surface area contributed by atoms with Crippen LogP contribution in [0.3, 0.4) is 0 Å². The molecule has 136 valence electrons. The van der Waals surface area contributed by atoms with Gasteiger partial charge in [0.2, 0.25) is 15.9 Å². The van der Waals surface area contributed by atoms with E-state index in [4.69, 9.17) is 0 Å². The highest BCUT2D eigenvalue weighted by Gasteiger charge is 2.28. The van der Waals surface area contributed by atoms with Crippen LogP contribution in [0, 0.1) is 5.92 Å². The molecule has 1 aliphatic rings. The molecule has 0 aliphatic carbocycles. The van der Waals surface area contributed by atoms with Crippen molar-refractivity contribution in [3.63, 3.8) is 0 Å². The lowest BCUT2D eigenvalue weighted by atomic mass is 9.97. The maximum atomic E-state index is 12.3. The standard InChI is InChI=1S/C16H22N4O3S2/c1-19-14(15-4-3-9-24-15)10-13(18-19)11-17-16(21)12-5-7-20(8-6-12)25(2,22)23/h3-4,9-10,12H,5-8,11H2,1-2H3,(H,17,21). The number of sulfonamides is 1. The molecule has 2 aromatic rings. The normalized spacial score (nSPS) is 16.9. The summed E-state index contributed by atoms with van der Waals surface area (Å²) in [4.78, 5) is 13.5. The molecule has 9 heteroatoms. The van der Waals surface area contributed by atoms with Gasteiger partial charge in [0.15, 0.2) is 0 Å². The van der Waals surface area contributed by atoms with Crippen molar-refractivity contribution in [1.82, 2.24) is 19.4 Å².